The summed E-state index contributed by atoms with van der Waals surface area (Å²) in [7, 11) is 3.28. The van der Waals surface area contributed by atoms with E-state index in [0.29, 0.717) is 29.0 Å². The monoisotopic (exact) mass is 343 g/mol. The summed E-state index contributed by atoms with van der Waals surface area (Å²) in [6.45, 7) is 1.94. The van der Waals surface area contributed by atoms with E-state index >= 15 is 0 Å². The van der Waals surface area contributed by atoms with Crippen LogP contribution < -0.4 is 5.32 Å². The third kappa shape index (κ3) is 3.22. The van der Waals surface area contributed by atoms with Crippen LogP contribution in [0.25, 0.3) is 0 Å². The Morgan fingerprint density at radius 1 is 1.28 bits per heavy atom. The standard InChI is InChI=1S/C18H21N3O4/c1-10-15(16-12(20-10)5-4-6-13(16)22)17(23)19-9-11-7-8-14(25-11)18(24)21(2)3/h7-8,20H,4-6,9H2,1-3H3,(H,19,23). The van der Waals surface area contributed by atoms with E-state index in [2.05, 4.69) is 10.3 Å². The number of rotatable bonds is 4. The van der Waals surface area contributed by atoms with E-state index in [1.165, 1.54) is 4.90 Å². The second-order valence-electron chi connectivity index (χ2n) is 6.40. The van der Waals surface area contributed by atoms with Gasteiger partial charge in [0.15, 0.2) is 11.5 Å². The summed E-state index contributed by atoms with van der Waals surface area (Å²) in [5.41, 5.74) is 2.47. The van der Waals surface area contributed by atoms with Gasteiger partial charge in [-0.2, -0.15) is 0 Å². The molecule has 0 saturated heterocycles. The highest BCUT2D eigenvalue weighted by Crippen LogP contribution is 2.26. The van der Waals surface area contributed by atoms with Gasteiger partial charge < -0.3 is 19.6 Å². The van der Waals surface area contributed by atoms with E-state index < -0.39 is 0 Å². The zero-order valence-electron chi connectivity index (χ0n) is 14.6. The number of carbonyl (C=O) groups excluding carboxylic acids is 3. The van der Waals surface area contributed by atoms with Gasteiger partial charge in [-0.1, -0.05) is 0 Å². The van der Waals surface area contributed by atoms with Crippen LogP contribution in [0.1, 0.15) is 61.3 Å². The van der Waals surface area contributed by atoms with E-state index in [4.69, 9.17) is 4.42 Å². The molecular formula is C18H21N3O4. The Kier molecular flexibility index (Phi) is 4.48. The number of amides is 2. The molecule has 0 unspecified atom stereocenters. The molecule has 25 heavy (non-hydrogen) atoms. The predicted molar refractivity (Wildman–Crippen MR) is 90.7 cm³/mol. The molecule has 7 nitrogen and oxygen atoms in total. The van der Waals surface area contributed by atoms with Crippen molar-refractivity contribution in [1.29, 1.82) is 0 Å². The Morgan fingerprint density at radius 2 is 2.04 bits per heavy atom. The molecule has 3 rings (SSSR count). The van der Waals surface area contributed by atoms with Gasteiger partial charge in [0, 0.05) is 31.9 Å². The second kappa shape index (κ2) is 6.58. The fraction of sp³-hybridized carbons (Fsp3) is 0.389. The first-order valence-corrected chi connectivity index (χ1v) is 8.21. The number of hydrogen-bond acceptors (Lipinski definition) is 4. The quantitative estimate of drug-likeness (QED) is 0.888. The Hall–Kier alpha value is -2.83. The van der Waals surface area contributed by atoms with Crippen molar-refractivity contribution in [2.45, 2.75) is 32.7 Å². The number of hydrogen-bond donors (Lipinski definition) is 2. The fourth-order valence-electron chi connectivity index (χ4n) is 3.08. The largest absolute Gasteiger partial charge is 0.454 e. The zero-order valence-corrected chi connectivity index (χ0v) is 14.6. The maximum Gasteiger partial charge on any atom is 0.289 e. The van der Waals surface area contributed by atoms with Crippen LogP contribution in [0.2, 0.25) is 0 Å². The molecule has 132 valence electrons. The van der Waals surface area contributed by atoms with Crippen LogP contribution in [0.15, 0.2) is 16.5 Å². The fourth-order valence-corrected chi connectivity index (χ4v) is 3.08. The summed E-state index contributed by atoms with van der Waals surface area (Å²) in [4.78, 5) is 41.1. The van der Waals surface area contributed by atoms with Crippen molar-refractivity contribution in [3.63, 3.8) is 0 Å². The minimum absolute atomic E-state index is 0.00705. The highest BCUT2D eigenvalue weighted by molar-refractivity contribution is 6.10. The Morgan fingerprint density at radius 3 is 2.76 bits per heavy atom. The molecule has 0 atom stereocenters. The van der Waals surface area contributed by atoms with Crippen LogP contribution in [-0.2, 0) is 13.0 Å². The van der Waals surface area contributed by atoms with Gasteiger partial charge in [-0.3, -0.25) is 14.4 Å². The third-order valence-electron chi connectivity index (χ3n) is 4.30. The number of aryl methyl sites for hydroxylation is 2. The molecule has 0 radical (unpaired) electrons. The summed E-state index contributed by atoms with van der Waals surface area (Å²) < 4.78 is 5.46. The number of nitrogens with one attached hydrogen (secondary N) is 2. The molecule has 2 heterocycles. The lowest BCUT2D eigenvalue weighted by atomic mass is 9.93. The van der Waals surface area contributed by atoms with Gasteiger partial charge >= 0.3 is 0 Å². The van der Waals surface area contributed by atoms with Crippen molar-refractivity contribution in [2.24, 2.45) is 0 Å². The lowest BCUT2D eigenvalue weighted by Crippen LogP contribution is -2.25. The first kappa shape index (κ1) is 17.0. The summed E-state index contributed by atoms with van der Waals surface area (Å²) in [6, 6.07) is 3.23. The molecule has 1 aliphatic rings. The van der Waals surface area contributed by atoms with E-state index in [-0.39, 0.29) is 29.9 Å². The number of fused-ring (bicyclic) bond motifs is 1. The molecule has 0 aliphatic heterocycles. The third-order valence-corrected chi connectivity index (χ3v) is 4.30. The number of ketones is 1. The van der Waals surface area contributed by atoms with Crippen molar-refractivity contribution in [2.75, 3.05) is 14.1 Å². The molecule has 0 fully saturated rings. The van der Waals surface area contributed by atoms with Crippen molar-refractivity contribution in [3.05, 3.63) is 46.2 Å². The number of aromatic amines is 1. The van der Waals surface area contributed by atoms with Gasteiger partial charge in [-0.15, -0.1) is 0 Å². The zero-order chi connectivity index (χ0) is 18.1. The average Bonchev–Trinajstić information content (AvgIpc) is 3.16. The van der Waals surface area contributed by atoms with Gasteiger partial charge in [0.25, 0.3) is 11.8 Å². The smallest absolute Gasteiger partial charge is 0.289 e. The Balaban J connectivity index is 1.73. The molecule has 2 N–H and O–H groups in total. The molecule has 2 aromatic rings. The molecule has 1 aliphatic carbocycles. The Labute approximate surface area is 145 Å². The molecule has 0 bridgehead atoms. The van der Waals surface area contributed by atoms with Gasteiger partial charge in [-0.05, 0) is 31.9 Å². The van der Waals surface area contributed by atoms with E-state index in [0.717, 1.165) is 18.5 Å². The van der Waals surface area contributed by atoms with Crippen LogP contribution in [0.4, 0.5) is 0 Å². The molecule has 0 saturated carbocycles. The van der Waals surface area contributed by atoms with Crippen LogP contribution in [-0.4, -0.2) is 41.6 Å². The molecule has 0 spiro atoms. The van der Waals surface area contributed by atoms with Crippen molar-refractivity contribution in [3.8, 4) is 0 Å². The van der Waals surface area contributed by atoms with Gasteiger partial charge in [0.1, 0.15) is 5.76 Å². The summed E-state index contributed by atoms with van der Waals surface area (Å²) in [6.07, 6.45) is 2.06. The van der Waals surface area contributed by atoms with Crippen molar-refractivity contribution >= 4 is 17.6 Å². The van der Waals surface area contributed by atoms with Gasteiger partial charge in [0.2, 0.25) is 0 Å². The predicted octanol–water partition coefficient (Wildman–Crippen LogP) is 2.07. The average molecular weight is 343 g/mol. The number of nitrogens with zero attached hydrogens (tertiary/aromatic N) is 1. The molecule has 0 aromatic carbocycles. The SMILES string of the molecule is Cc1[nH]c2c(c1C(=O)NCc1ccc(C(=O)N(C)C)o1)C(=O)CCC2. The number of Topliss-reactive ketones (excluding diaryl/α,β-unsaturated/α-hetero) is 1. The molecule has 2 amide bonds. The first-order valence-electron chi connectivity index (χ1n) is 8.21. The molecule has 2 aromatic heterocycles. The normalized spacial score (nSPS) is 13.5. The van der Waals surface area contributed by atoms with E-state index in [1.807, 2.05) is 0 Å². The maximum atomic E-state index is 12.6. The number of furan rings is 1. The minimum Gasteiger partial charge on any atom is -0.454 e. The lowest BCUT2D eigenvalue weighted by Gasteiger charge is -2.11. The van der Waals surface area contributed by atoms with Crippen LogP contribution >= 0.6 is 0 Å². The number of aromatic nitrogens is 1. The highest BCUT2D eigenvalue weighted by atomic mass is 16.4. The summed E-state index contributed by atoms with van der Waals surface area (Å²) in [5, 5.41) is 2.76. The minimum atomic E-state index is -0.317. The highest BCUT2D eigenvalue weighted by Gasteiger charge is 2.28. The molecular weight excluding hydrogens is 322 g/mol. The van der Waals surface area contributed by atoms with Gasteiger partial charge in [-0.25, -0.2) is 0 Å². The number of H-pyrrole nitrogens is 1. The van der Waals surface area contributed by atoms with Crippen LogP contribution in [0.3, 0.4) is 0 Å². The van der Waals surface area contributed by atoms with Crippen LogP contribution in [0, 0.1) is 6.92 Å². The maximum absolute atomic E-state index is 12.6. The van der Waals surface area contributed by atoms with Crippen molar-refractivity contribution < 1.29 is 18.8 Å². The topological polar surface area (TPSA) is 95.4 Å². The van der Waals surface area contributed by atoms with E-state index in [9.17, 15) is 14.4 Å². The second-order valence-corrected chi connectivity index (χ2v) is 6.40. The summed E-state index contributed by atoms with van der Waals surface area (Å²) >= 11 is 0. The van der Waals surface area contributed by atoms with Crippen molar-refractivity contribution in [1.82, 2.24) is 15.2 Å². The van der Waals surface area contributed by atoms with Gasteiger partial charge in [0.05, 0.1) is 17.7 Å². The van der Waals surface area contributed by atoms with Crippen LogP contribution in [0.5, 0.6) is 0 Å². The first-order chi connectivity index (χ1) is 11.9. The Bertz CT molecular complexity index is 845. The number of carbonyl (C=O) groups is 3. The molecule has 7 heteroatoms. The summed E-state index contributed by atoms with van der Waals surface area (Å²) in [5.74, 6) is 0.153. The van der Waals surface area contributed by atoms with E-state index in [1.54, 1.807) is 33.2 Å². The lowest BCUT2D eigenvalue weighted by molar-refractivity contribution is 0.0794.